The summed E-state index contributed by atoms with van der Waals surface area (Å²) in [6.45, 7) is 4.70. The van der Waals surface area contributed by atoms with Gasteiger partial charge in [0.25, 0.3) is 0 Å². The number of carbonyl (C=O) groups excluding carboxylic acids is 1. The van der Waals surface area contributed by atoms with Gasteiger partial charge >= 0.3 is 0 Å². The van der Waals surface area contributed by atoms with Gasteiger partial charge in [-0.25, -0.2) is 0 Å². The summed E-state index contributed by atoms with van der Waals surface area (Å²) in [6.07, 6.45) is 3.17. The molecule has 112 valence electrons. The summed E-state index contributed by atoms with van der Waals surface area (Å²) in [5.41, 5.74) is 6.70. The van der Waals surface area contributed by atoms with E-state index in [2.05, 4.69) is 12.2 Å². The predicted octanol–water partition coefficient (Wildman–Crippen LogP) is 2.20. The Labute approximate surface area is 121 Å². The molecular weight excluding hydrogens is 252 g/mol. The van der Waals surface area contributed by atoms with Gasteiger partial charge in [-0.05, 0) is 56.3 Å². The molecule has 0 fully saturated rings. The monoisotopic (exact) mass is 278 g/mol. The van der Waals surface area contributed by atoms with Crippen LogP contribution in [-0.4, -0.2) is 23.6 Å². The van der Waals surface area contributed by atoms with Gasteiger partial charge in [-0.15, -0.1) is 0 Å². The Morgan fingerprint density at radius 2 is 1.90 bits per heavy atom. The van der Waals surface area contributed by atoms with Gasteiger partial charge in [0.05, 0.1) is 0 Å². The molecule has 0 heterocycles. The smallest absolute Gasteiger partial charge is 0.220 e. The van der Waals surface area contributed by atoms with E-state index in [0.717, 1.165) is 19.3 Å². The lowest BCUT2D eigenvalue weighted by Crippen LogP contribution is -2.33. The highest BCUT2D eigenvalue weighted by Gasteiger charge is 2.09. The topological polar surface area (TPSA) is 75.4 Å². The predicted molar refractivity (Wildman–Crippen MR) is 81.5 cm³/mol. The van der Waals surface area contributed by atoms with E-state index < -0.39 is 0 Å². The van der Waals surface area contributed by atoms with Gasteiger partial charge in [-0.2, -0.15) is 0 Å². The van der Waals surface area contributed by atoms with Gasteiger partial charge in [-0.3, -0.25) is 4.79 Å². The second-order valence-corrected chi connectivity index (χ2v) is 5.55. The Kier molecular flexibility index (Phi) is 7.09. The van der Waals surface area contributed by atoms with E-state index in [1.165, 1.54) is 5.56 Å². The SMILES string of the molecule is CC(CN)CCC(=O)NC(C)CCc1ccc(O)cc1. The number of aryl methyl sites for hydroxylation is 1. The normalized spacial score (nSPS) is 13.8. The Morgan fingerprint density at radius 3 is 2.50 bits per heavy atom. The molecule has 2 atom stereocenters. The zero-order chi connectivity index (χ0) is 15.0. The van der Waals surface area contributed by atoms with Crippen molar-refractivity contribution < 1.29 is 9.90 Å². The van der Waals surface area contributed by atoms with Crippen LogP contribution in [0, 0.1) is 5.92 Å². The first-order valence-electron chi connectivity index (χ1n) is 7.28. The average molecular weight is 278 g/mol. The van der Waals surface area contributed by atoms with Crippen LogP contribution in [0.15, 0.2) is 24.3 Å². The number of phenolic OH excluding ortho intramolecular Hbond substituents is 1. The summed E-state index contributed by atoms with van der Waals surface area (Å²) in [7, 11) is 0. The number of hydrogen-bond acceptors (Lipinski definition) is 3. The summed E-state index contributed by atoms with van der Waals surface area (Å²) in [5.74, 6) is 0.778. The lowest BCUT2D eigenvalue weighted by Gasteiger charge is -2.15. The molecule has 2 unspecified atom stereocenters. The minimum absolute atomic E-state index is 0.100. The Hall–Kier alpha value is -1.55. The van der Waals surface area contributed by atoms with Gasteiger partial charge < -0.3 is 16.2 Å². The number of hydrogen-bond donors (Lipinski definition) is 3. The quantitative estimate of drug-likeness (QED) is 0.682. The molecule has 1 aromatic carbocycles. The van der Waals surface area contributed by atoms with Crippen LogP contribution in [0.3, 0.4) is 0 Å². The van der Waals surface area contributed by atoms with Crippen molar-refractivity contribution in [2.45, 2.75) is 45.6 Å². The van der Waals surface area contributed by atoms with E-state index in [-0.39, 0.29) is 17.7 Å². The molecule has 0 spiro atoms. The van der Waals surface area contributed by atoms with Gasteiger partial charge in [0.1, 0.15) is 5.75 Å². The van der Waals surface area contributed by atoms with Crippen LogP contribution in [0.1, 0.15) is 38.7 Å². The first-order valence-corrected chi connectivity index (χ1v) is 7.28. The Bertz CT molecular complexity index is 403. The standard InChI is InChI=1S/C16H26N2O2/c1-12(11-17)3-10-16(20)18-13(2)4-5-14-6-8-15(19)9-7-14/h6-9,12-13,19H,3-5,10-11,17H2,1-2H3,(H,18,20). The van der Waals surface area contributed by atoms with Crippen molar-refractivity contribution in [3.63, 3.8) is 0 Å². The van der Waals surface area contributed by atoms with E-state index in [0.29, 0.717) is 18.9 Å². The van der Waals surface area contributed by atoms with Crippen LogP contribution in [-0.2, 0) is 11.2 Å². The summed E-state index contributed by atoms with van der Waals surface area (Å²) < 4.78 is 0. The van der Waals surface area contributed by atoms with Crippen molar-refractivity contribution in [3.8, 4) is 5.75 Å². The van der Waals surface area contributed by atoms with Crippen molar-refractivity contribution in [2.24, 2.45) is 11.7 Å². The van der Waals surface area contributed by atoms with Crippen LogP contribution in [0.25, 0.3) is 0 Å². The molecule has 1 rings (SSSR count). The Morgan fingerprint density at radius 1 is 1.25 bits per heavy atom. The zero-order valence-corrected chi connectivity index (χ0v) is 12.4. The minimum Gasteiger partial charge on any atom is -0.508 e. The summed E-state index contributed by atoms with van der Waals surface area (Å²) in [6, 6.07) is 7.35. The molecule has 4 N–H and O–H groups in total. The van der Waals surface area contributed by atoms with Crippen molar-refractivity contribution in [2.75, 3.05) is 6.54 Å². The molecule has 0 bridgehead atoms. The number of nitrogens with one attached hydrogen (secondary N) is 1. The van der Waals surface area contributed by atoms with Crippen molar-refractivity contribution in [1.82, 2.24) is 5.32 Å². The number of phenols is 1. The molecule has 0 saturated carbocycles. The highest BCUT2D eigenvalue weighted by molar-refractivity contribution is 5.76. The molecule has 1 aromatic rings. The van der Waals surface area contributed by atoms with Crippen LogP contribution in [0.5, 0.6) is 5.75 Å². The number of carbonyl (C=O) groups is 1. The highest BCUT2D eigenvalue weighted by Crippen LogP contribution is 2.12. The maximum absolute atomic E-state index is 11.7. The third-order valence-electron chi connectivity index (χ3n) is 3.48. The maximum Gasteiger partial charge on any atom is 0.220 e. The average Bonchev–Trinajstić information content (AvgIpc) is 2.44. The van der Waals surface area contributed by atoms with E-state index in [1.807, 2.05) is 19.1 Å². The van der Waals surface area contributed by atoms with Gasteiger partial charge in [0.2, 0.25) is 5.91 Å². The van der Waals surface area contributed by atoms with Crippen LogP contribution < -0.4 is 11.1 Å². The van der Waals surface area contributed by atoms with E-state index in [4.69, 9.17) is 5.73 Å². The Balaban J connectivity index is 2.24. The third-order valence-corrected chi connectivity index (χ3v) is 3.48. The maximum atomic E-state index is 11.7. The zero-order valence-electron chi connectivity index (χ0n) is 12.4. The van der Waals surface area contributed by atoms with Crippen LogP contribution in [0.2, 0.25) is 0 Å². The number of amides is 1. The molecule has 0 aliphatic carbocycles. The van der Waals surface area contributed by atoms with E-state index in [1.54, 1.807) is 12.1 Å². The minimum atomic E-state index is 0.100. The molecule has 20 heavy (non-hydrogen) atoms. The summed E-state index contributed by atoms with van der Waals surface area (Å²) in [4.78, 5) is 11.7. The van der Waals surface area contributed by atoms with Crippen molar-refractivity contribution in [1.29, 1.82) is 0 Å². The molecule has 1 amide bonds. The van der Waals surface area contributed by atoms with Gasteiger partial charge in [0, 0.05) is 12.5 Å². The molecule has 0 aliphatic heterocycles. The fourth-order valence-electron chi connectivity index (χ4n) is 1.96. The van der Waals surface area contributed by atoms with E-state index in [9.17, 15) is 9.90 Å². The third kappa shape index (κ3) is 6.57. The van der Waals surface area contributed by atoms with Crippen LogP contribution >= 0.6 is 0 Å². The molecule has 0 aromatic heterocycles. The van der Waals surface area contributed by atoms with Gasteiger partial charge in [0.15, 0.2) is 0 Å². The molecule has 0 aliphatic rings. The van der Waals surface area contributed by atoms with Crippen molar-refractivity contribution in [3.05, 3.63) is 29.8 Å². The van der Waals surface area contributed by atoms with E-state index >= 15 is 0 Å². The summed E-state index contributed by atoms with van der Waals surface area (Å²) >= 11 is 0. The fraction of sp³-hybridized carbons (Fsp3) is 0.562. The molecule has 0 saturated heterocycles. The first kappa shape index (κ1) is 16.5. The lowest BCUT2D eigenvalue weighted by atomic mass is 10.0. The van der Waals surface area contributed by atoms with Crippen LogP contribution in [0.4, 0.5) is 0 Å². The largest absolute Gasteiger partial charge is 0.508 e. The number of nitrogens with two attached hydrogens (primary N) is 1. The lowest BCUT2D eigenvalue weighted by molar-refractivity contribution is -0.122. The number of rotatable bonds is 8. The molecular formula is C16H26N2O2. The molecule has 4 nitrogen and oxygen atoms in total. The molecule has 4 heteroatoms. The highest BCUT2D eigenvalue weighted by atomic mass is 16.3. The first-order chi connectivity index (χ1) is 9.51. The summed E-state index contributed by atoms with van der Waals surface area (Å²) in [5, 5.41) is 12.2. The number of benzene rings is 1. The fourth-order valence-corrected chi connectivity index (χ4v) is 1.96. The second-order valence-electron chi connectivity index (χ2n) is 5.55. The molecule has 0 radical (unpaired) electrons. The van der Waals surface area contributed by atoms with Crippen molar-refractivity contribution >= 4 is 5.91 Å². The second kappa shape index (κ2) is 8.59. The number of aromatic hydroxyl groups is 1. The van der Waals surface area contributed by atoms with Gasteiger partial charge in [-0.1, -0.05) is 19.1 Å².